The highest BCUT2D eigenvalue weighted by Crippen LogP contribution is 2.22. The first-order valence-electron chi connectivity index (χ1n) is 6.88. The maximum absolute atomic E-state index is 5.26. The van der Waals surface area contributed by atoms with Gasteiger partial charge in [0.2, 0.25) is 0 Å². The second-order valence-electron chi connectivity index (χ2n) is 4.73. The van der Waals surface area contributed by atoms with E-state index in [1.807, 2.05) is 12.1 Å². The molecule has 1 aromatic carbocycles. The van der Waals surface area contributed by atoms with Gasteiger partial charge in [-0.05, 0) is 43.8 Å². The van der Waals surface area contributed by atoms with Gasteiger partial charge in [0.25, 0.3) is 0 Å². The van der Waals surface area contributed by atoms with Crippen molar-refractivity contribution < 1.29 is 4.74 Å². The molecule has 0 heterocycles. The maximum Gasteiger partial charge on any atom is 0.119 e. The van der Waals surface area contributed by atoms with Crippen molar-refractivity contribution >= 4 is 15.9 Å². The van der Waals surface area contributed by atoms with E-state index in [1.54, 1.807) is 7.11 Å². The Morgan fingerprint density at radius 2 is 2.00 bits per heavy atom. The number of hydrogen-bond acceptors (Lipinski definition) is 3. The number of halogens is 1. The van der Waals surface area contributed by atoms with Crippen LogP contribution in [0.4, 0.5) is 0 Å². The first-order chi connectivity index (χ1) is 9.10. The van der Waals surface area contributed by atoms with E-state index in [-0.39, 0.29) is 0 Å². The molecule has 1 rings (SSSR count). The molecular formula is C15H25BrN2O. The van der Waals surface area contributed by atoms with Crippen LogP contribution >= 0.6 is 15.9 Å². The Labute approximate surface area is 125 Å². The number of likely N-dealkylation sites (N-methyl/N-ethyl adjacent to an activating group) is 1. The Balaban J connectivity index is 2.51. The van der Waals surface area contributed by atoms with E-state index >= 15 is 0 Å². The Morgan fingerprint density at radius 1 is 1.32 bits per heavy atom. The van der Waals surface area contributed by atoms with Gasteiger partial charge in [0, 0.05) is 23.6 Å². The lowest BCUT2D eigenvalue weighted by Gasteiger charge is -2.23. The smallest absolute Gasteiger partial charge is 0.119 e. The predicted octanol–water partition coefficient (Wildman–Crippen LogP) is 3.28. The quantitative estimate of drug-likeness (QED) is 0.792. The fourth-order valence-corrected chi connectivity index (χ4v) is 2.42. The molecule has 19 heavy (non-hydrogen) atoms. The van der Waals surface area contributed by atoms with Crippen LogP contribution in [0.5, 0.6) is 5.75 Å². The molecule has 0 saturated carbocycles. The Bertz CT molecular complexity index is 380. The van der Waals surface area contributed by atoms with Gasteiger partial charge in [-0.15, -0.1) is 0 Å². The van der Waals surface area contributed by atoms with Crippen molar-refractivity contribution in [3.05, 3.63) is 28.2 Å². The highest BCUT2D eigenvalue weighted by Gasteiger charge is 2.08. The third-order valence-electron chi connectivity index (χ3n) is 3.32. The van der Waals surface area contributed by atoms with Crippen molar-refractivity contribution in [1.29, 1.82) is 0 Å². The lowest BCUT2D eigenvalue weighted by atomic mass is 10.2. The average molecular weight is 329 g/mol. The summed E-state index contributed by atoms with van der Waals surface area (Å²) in [7, 11) is 1.70. The van der Waals surface area contributed by atoms with E-state index in [0.29, 0.717) is 6.04 Å². The minimum atomic E-state index is 0.470. The molecule has 0 radical (unpaired) electrons. The fourth-order valence-electron chi connectivity index (χ4n) is 2.03. The molecule has 0 fully saturated rings. The molecule has 3 nitrogen and oxygen atoms in total. The van der Waals surface area contributed by atoms with Crippen LogP contribution in [-0.2, 0) is 6.54 Å². The van der Waals surface area contributed by atoms with Crippen LogP contribution in [-0.4, -0.2) is 37.7 Å². The van der Waals surface area contributed by atoms with Crippen molar-refractivity contribution in [3.8, 4) is 5.75 Å². The third kappa shape index (κ3) is 5.51. The van der Waals surface area contributed by atoms with Crippen molar-refractivity contribution in [1.82, 2.24) is 10.2 Å². The molecule has 1 N–H and O–H groups in total. The van der Waals surface area contributed by atoms with E-state index < -0.39 is 0 Å². The van der Waals surface area contributed by atoms with Crippen LogP contribution in [0.15, 0.2) is 22.7 Å². The lowest BCUT2D eigenvalue weighted by Crippen LogP contribution is -2.38. The predicted molar refractivity (Wildman–Crippen MR) is 84.8 cm³/mol. The van der Waals surface area contributed by atoms with Crippen LogP contribution in [0.2, 0.25) is 0 Å². The second-order valence-corrected chi connectivity index (χ2v) is 5.58. The van der Waals surface area contributed by atoms with E-state index in [4.69, 9.17) is 4.74 Å². The van der Waals surface area contributed by atoms with Gasteiger partial charge in [-0.3, -0.25) is 0 Å². The molecule has 1 atom stereocenters. The Kier molecular flexibility index (Phi) is 7.42. The standard InChI is InChI=1S/C15H25BrN2O/c1-5-18(6-2)11-12(3)17-10-13-9-14(19-4)7-8-15(13)16/h7-9,12,17H,5-6,10-11H2,1-4H3. The summed E-state index contributed by atoms with van der Waals surface area (Å²) in [6.07, 6.45) is 0. The molecule has 4 heteroatoms. The second kappa shape index (κ2) is 8.56. The van der Waals surface area contributed by atoms with Crippen LogP contribution in [0, 0.1) is 0 Å². The van der Waals surface area contributed by atoms with Crippen molar-refractivity contribution in [2.75, 3.05) is 26.7 Å². The molecule has 1 unspecified atom stereocenters. The van der Waals surface area contributed by atoms with Crippen LogP contribution in [0.3, 0.4) is 0 Å². The number of hydrogen-bond donors (Lipinski definition) is 1. The first kappa shape index (κ1) is 16.5. The summed E-state index contributed by atoms with van der Waals surface area (Å²) in [5.74, 6) is 0.899. The number of nitrogens with zero attached hydrogens (tertiary/aromatic N) is 1. The van der Waals surface area contributed by atoms with Crippen LogP contribution < -0.4 is 10.1 Å². The molecule has 0 saturated heterocycles. The minimum Gasteiger partial charge on any atom is -0.497 e. The van der Waals surface area contributed by atoms with Gasteiger partial charge in [-0.2, -0.15) is 0 Å². The van der Waals surface area contributed by atoms with Crippen LogP contribution in [0.1, 0.15) is 26.3 Å². The van der Waals surface area contributed by atoms with Gasteiger partial charge in [0.1, 0.15) is 5.75 Å². The largest absolute Gasteiger partial charge is 0.497 e. The molecular weight excluding hydrogens is 304 g/mol. The third-order valence-corrected chi connectivity index (χ3v) is 4.09. The number of ether oxygens (including phenoxy) is 1. The highest BCUT2D eigenvalue weighted by molar-refractivity contribution is 9.10. The van der Waals surface area contributed by atoms with Crippen LogP contribution in [0.25, 0.3) is 0 Å². The zero-order valence-corrected chi connectivity index (χ0v) is 14.0. The fraction of sp³-hybridized carbons (Fsp3) is 0.600. The molecule has 0 aliphatic rings. The number of rotatable bonds is 8. The number of benzene rings is 1. The molecule has 0 aromatic heterocycles. The maximum atomic E-state index is 5.26. The minimum absolute atomic E-state index is 0.470. The monoisotopic (exact) mass is 328 g/mol. The Morgan fingerprint density at radius 3 is 2.58 bits per heavy atom. The summed E-state index contributed by atoms with van der Waals surface area (Å²) < 4.78 is 6.38. The summed E-state index contributed by atoms with van der Waals surface area (Å²) >= 11 is 3.58. The van der Waals surface area contributed by atoms with Gasteiger partial charge in [-0.1, -0.05) is 29.8 Å². The lowest BCUT2D eigenvalue weighted by molar-refractivity contribution is 0.270. The SMILES string of the molecule is CCN(CC)CC(C)NCc1cc(OC)ccc1Br. The summed E-state index contributed by atoms with van der Waals surface area (Å²) in [5.41, 5.74) is 1.23. The first-order valence-corrected chi connectivity index (χ1v) is 7.68. The molecule has 108 valence electrons. The van der Waals surface area contributed by atoms with Crippen molar-refractivity contribution in [3.63, 3.8) is 0 Å². The van der Waals surface area contributed by atoms with Crippen molar-refractivity contribution in [2.45, 2.75) is 33.4 Å². The van der Waals surface area contributed by atoms with E-state index in [0.717, 1.165) is 36.4 Å². The van der Waals surface area contributed by atoms with Gasteiger partial charge in [0.15, 0.2) is 0 Å². The molecule has 0 aliphatic heterocycles. The molecule has 0 spiro atoms. The van der Waals surface area contributed by atoms with Gasteiger partial charge >= 0.3 is 0 Å². The van der Waals surface area contributed by atoms with Gasteiger partial charge in [-0.25, -0.2) is 0 Å². The summed E-state index contributed by atoms with van der Waals surface area (Å²) in [4.78, 5) is 2.43. The summed E-state index contributed by atoms with van der Waals surface area (Å²) in [5, 5.41) is 3.56. The number of nitrogens with one attached hydrogen (secondary N) is 1. The molecule has 0 amide bonds. The number of methoxy groups -OCH3 is 1. The van der Waals surface area contributed by atoms with Gasteiger partial charge < -0.3 is 15.0 Å². The highest BCUT2D eigenvalue weighted by atomic mass is 79.9. The molecule has 1 aromatic rings. The average Bonchev–Trinajstić information content (AvgIpc) is 2.43. The summed E-state index contributed by atoms with van der Waals surface area (Å²) in [6.45, 7) is 10.8. The zero-order valence-electron chi connectivity index (χ0n) is 12.4. The topological polar surface area (TPSA) is 24.5 Å². The molecule has 0 aliphatic carbocycles. The van der Waals surface area contributed by atoms with E-state index in [1.165, 1.54) is 5.56 Å². The van der Waals surface area contributed by atoms with E-state index in [9.17, 15) is 0 Å². The Hall–Kier alpha value is -0.580. The van der Waals surface area contributed by atoms with Gasteiger partial charge in [0.05, 0.1) is 7.11 Å². The molecule has 0 bridgehead atoms. The van der Waals surface area contributed by atoms with E-state index in [2.05, 4.69) is 53.0 Å². The summed E-state index contributed by atoms with van der Waals surface area (Å²) in [6, 6.07) is 6.54. The van der Waals surface area contributed by atoms with Crippen molar-refractivity contribution in [2.24, 2.45) is 0 Å². The normalized spacial score (nSPS) is 12.7. The zero-order chi connectivity index (χ0) is 14.3.